The molecule has 32 heavy (non-hydrogen) atoms. The van der Waals surface area contributed by atoms with E-state index < -0.39 is 0 Å². The lowest BCUT2D eigenvalue weighted by Gasteiger charge is -2.17. The van der Waals surface area contributed by atoms with Crippen LogP contribution in [-0.4, -0.2) is 18.9 Å². The normalized spacial score (nSPS) is 13.7. The minimum absolute atomic E-state index is 0.271. The third kappa shape index (κ3) is 3.89. The van der Waals surface area contributed by atoms with Gasteiger partial charge in [0.2, 0.25) is 0 Å². The number of carbonyl (C=O) groups is 2. The molecule has 2 amide bonds. The summed E-state index contributed by atoms with van der Waals surface area (Å²) in [6, 6.07) is 18.9. The maximum Gasteiger partial charge on any atom is 0.282 e. The van der Waals surface area contributed by atoms with Crippen molar-refractivity contribution in [3.63, 3.8) is 0 Å². The van der Waals surface area contributed by atoms with E-state index in [0.29, 0.717) is 22.6 Å². The van der Waals surface area contributed by atoms with E-state index in [9.17, 15) is 9.59 Å². The van der Waals surface area contributed by atoms with Crippen molar-refractivity contribution in [2.24, 2.45) is 0 Å². The molecule has 0 bridgehead atoms. The zero-order valence-electron chi connectivity index (χ0n) is 18.9. The van der Waals surface area contributed by atoms with Crippen molar-refractivity contribution >= 4 is 28.8 Å². The average Bonchev–Trinajstić information content (AvgIpc) is 2.99. The second kappa shape index (κ2) is 8.35. The van der Waals surface area contributed by atoms with E-state index in [1.807, 2.05) is 64.1 Å². The van der Waals surface area contributed by atoms with Gasteiger partial charge in [0.05, 0.1) is 18.4 Å². The van der Waals surface area contributed by atoms with Crippen molar-refractivity contribution in [3.05, 3.63) is 94.2 Å². The van der Waals surface area contributed by atoms with Crippen LogP contribution in [0.5, 0.6) is 5.75 Å². The van der Waals surface area contributed by atoms with Crippen molar-refractivity contribution in [3.8, 4) is 5.75 Å². The third-order valence-electron chi connectivity index (χ3n) is 5.58. The molecule has 0 spiro atoms. The lowest BCUT2D eigenvalue weighted by atomic mass is 10.0. The third-order valence-corrected chi connectivity index (χ3v) is 5.58. The number of hydrogen-bond acceptors (Lipinski definition) is 4. The van der Waals surface area contributed by atoms with Crippen molar-refractivity contribution in [1.82, 2.24) is 0 Å². The van der Waals surface area contributed by atoms with E-state index in [-0.39, 0.29) is 17.5 Å². The van der Waals surface area contributed by atoms with Crippen molar-refractivity contribution in [2.45, 2.75) is 27.7 Å². The molecule has 4 rings (SSSR count). The molecular formula is C27H26N2O3. The van der Waals surface area contributed by atoms with Crippen LogP contribution >= 0.6 is 0 Å². The summed E-state index contributed by atoms with van der Waals surface area (Å²) in [5, 5.41) is 3.27. The van der Waals surface area contributed by atoms with Crippen molar-refractivity contribution in [1.29, 1.82) is 0 Å². The molecule has 0 saturated heterocycles. The lowest BCUT2D eigenvalue weighted by molar-refractivity contribution is -0.120. The molecule has 1 N–H and O–H groups in total. The molecule has 3 aromatic rings. The Morgan fingerprint density at radius 2 is 1.41 bits per heavy atom. The molecule has 0 aromatic heterocycles. The van der Waals surface area contributed by atoms with Crippen LogP contribution in [0.2, 0.25) is 0 Å². The summed E-state index contributed by atoms with van der Waals surface area (Å²) in [5.74, 6) is -0.0361. The van der Waals surface area contributed by atoms with Gasteiger partial charge in [-0.1, -0.05) is 30.3 Å². The molecule has 162 valence electrons. The number of rotatable bonds is 5. The molecule has 1 aliphatic rings. The predicted molar refractivity (Wildman–Crippen MR) is 128 cm³/mol. The van der Waals surface area contributed by atoms with Crippen LogP contribution in [0.3, 0.4) is 0 Å². The van der Waals surface area contributed by atoms with Crippen LogP contribution in [0, 0.1) is 27.7 Å². The Hall–Kier alpha value is -3.86. The number of aryl methyl sites for hydroxylation is 4. The number of hydrogen-bond donors (Lipinski definition) is 1. The molecule has 3 aromatic carbocycles. The van der Waals surface area contributed by atoms with E-state index in [4.69, 9.17) is 4.74 Å². The van der Waals surface area contributed by atoms with E-state index >= 15 is 0 Å². The summed E-state index contributed by atoms with van der Waals surface area (Å²) in [6.45, 7) is 7.87. The van der Waals surface area contributed by atoms with Gasteiger partial charge in [0.25, 0.3) is 11.8 Å². The molecule has 1 aliphatic heterocycles. The monoisotopic (exact) mass is 426 g/mol. The largest absolute Gasteiger partial charge is 0.497 e. The second-order valence-electron chi connectivity index (χ2n) is 8.21. The van der Waals surface area contributed by atoms with Gasteiger partial charge in [-0.3, -0.25) is 9.59 Å². The Bertz CT molecular complexity index is 1240. The van der Waals surface area contributed by atoms with Gasteiger partial charge in [0.15, 0.2) is 0 Å². The van der Waals surface area contributed by atoms with Gasteiger partial charge >= 0.3 is 0 Å². The number of ether oxygens (including phenoxy) is 1. The fourth-order valence-electron chi connectivity index (χ4n) is 3.99. The van der Waals surface area contributed by atoms with E-state index in [1.54, 1.807) is 31.4 Å². The van der Waals surface area contributed by atoms with E-state index in [2.05, 4.69) is 5.32 Å². The van der Waals surface area contributed by atoms with Gasteiger partial charge in [0, 0.05) is 5.69 Å². The van der Waals surface area contributed by atoms with Crippen LogP contribution in [-0.2, 0) is 9.59 Å². The highest BCUT2D eigenvalue weighted by atomic mass is 16.5. The summed E-state index contributed by atoms with van der Waals surface area (Å²) < 4.78 is 5.25. The zero-order valence-corrected chi connectivity index (χ0v) is 18.9. The van der Waals surface area contributed by atoms with Gasteiger partial charge in [-0.25, -0.2) is 4.90 Å². The molecule has 0 unspecified atom stereocenters. The number of methoxy groups -OCH3 is 1. The minimum atomic E-state index is -0.369. The number of carbonyl (C=O) groups excluding carboxylic acids is 2. The summed E-state index contributed by atoms with van der Waals surface area (Å²) in [7, 11) is 1.59. The van der Waals surface area contributed by atoms with Crippen LogP contribution in [0.15, 0.2) is 66.4 Å². The van der Waals surface area contributed by atoms with Crippen LogP contribution in [0.1, 0.15) is 27.8 Å². The first-order chi connectivity index (χ1) is 15.3. The topological polar surface area (TPSA) is 58.6 Å². The maximum atomic E-state index is 13.6. The van der Waals surface area contributed by atoms with Crippen LogP contribution in [0.25, 0.3) is 5.57 Å². The first kappa shape index (κ1) is 21.4. The minimum Gasteiger partial charge on any atom is -0.497 e. The molecular weight excluding hydrogens is 400 g/mol. The van der Waals surface area contributed by atoms with Gasteiger partial charge in [-0.05, 0) is 85.8 Å². The molecule has 0 saturated carbocycles. The number of imide groups is 1. The molecule has 5 heteroatoms. The fraction of sp³-hybridized carbons (Fsp3) is 0.185. The highest BCUT2D eigenvalue weighted by Gasteiger charge is 2.40. The van der Waals surface area contributed by atoms with E-state index in [1.165, 1.54) is 4.90 Å². The average molecular weight is 427 g/mol. The molecule has 5 nitrogen and oxygen atoms in total. The quantitative estimate of drug-likeness (QED) is 0.561. The fourth-order valence-corrected chi connectivity index (χ4v) is 3.99. The summed E-state index contributed by atoms with van der Waals surface area (Å²) in [5.41, 5.74) is 6.67. The summed E-state index contributed by atoms with van der Waals surface area (Å²) in [6.07, 6.45) is 0. The van der Waals surface area contributed by atoms with Gasteiger partial charge < -0.3 is 10.1 Å². The number of anilines is 2. The highest BCUT2D eigenvalue weighted by molar-refractivity contribution is 6.46. The lowest BCUT2D eigenvalue weighted by Crippen LogP contribution is -2.32. The standard InChI is InChI=1S/C27H26N2O3/c1-16-6-7-19(4)23(15-16)28-25-24(20-8-10-22(32-5)11-9-20)26(30)29(27(25)31)21-13-17(2)12-18(3)14-21/h6-15,28H,1-5H3. The van der Waals surface area contributed by atoms with Gasteiger partial charge in [-0.2, -0.15) is 0 Å². The molecule has 0 fully saturated rings. The SMILES string of the molecule is COc1ccc(C2=C(Nc3cc(C)ccc3C)C(=O)N(c3cc(C)cc(C)c3)C2=O)cc1. The Morgan fingerprint density at radius 3 is 2.03 bits per heavy atom. The number of benzene rings is 3. The highest BCUT2D eigenvalue weighted by Crippen LogP contribution is 2.35. The molecule has 1 heterocycles. The van der Waals surface area contributed by atoms with Gasteiger partial charge in [-0.15, -0.1) is 0 Å². The zero-order chi connectivity index (χ0) is 23.0. The number of nitrogens with one attached hydrogen (secondary N) is 1. The first-order valence-corrected chi connectivity index (χ1v) is 10.5. The number of amides is 2. The van der Waals surface area contributed by atoms with Crippen LogP contribution in [0.4, 0.5) is 11.4 Å². The Labute approximate surface area is 188 Å². The van der Waals surface area contributed by atoms with Crippen molar-refractivity contribution in [2.75, 3.05) is 17.3 Å². The number of nitrogens with zero attached hydrogens (tertiary/aromatic N) is 1. The molecule has 0 radical (unpaired) electrons. The Kier molecular flexibility index (Phi) is 5.57. The maximum absolute atomic E-state index is 13.6. The summed E-state index contributed by atoms with van der Waals surface area (Å²) in [4.78, 5) is 28.5. The van der Waals surface area contributed by atoms with Gasteiger partial charge in [0.1, 0.15) is 11.4 Å². The smallest absolute Gasteiger partial charge is 0.282 e. The Balaban J connectivity index is 1.86. The van der Waals surface area contributed by atoms with Crippen LogP contribution < -0.4 is 15.0 Å². The second-order valence-corrected chi connectivity index (χ2v) is 8.21. The first-order valence-electron chi connectivity index (χ1n) is 10.5. The predicted octanol–water partition coefficient (Wildman–Crippen LogP) is 5.33. The molecule has 0 atom stereocenters. The Morgan fingerprint density at radius 1 is 0.750 bits per heavy atom. The molecule has 0 aliphatic carbocycles. The van der Waals surface area contributed by atoms with E-state index in [0.717, 1.165) is 27.9 Å². The summed E-state index contributed by atoms with van der Waals surface area (Å²) >= 11 is 0. The van der Waals surface area contributed by atoms with Crippen molar-refractivity contribution < 1.29 is 14.3 Å².